The molecule has 4 rings (SSSR count). The highest BCUT2D eigenvalue weighted by Crippen LogP contribution is 2.24. The number of nitrogens with one attached hydrogen (secondary N) is 1. The SMILES string of the molecule is CCc1cc(N2CCN(C(C)=O)CC2)nc(SCc2ccc(C(=O)NCc3cccnc3)cc2)n1. The molecule has 0 radical (unpaired) electrons. The number of aromatic nitrogens is 3. The van der Waals surface area contributed by atoms with E-state index in [9.17, 15) is 9.59 Å². The molecule has 35 heavy (non-hydrogen) atoms. The second-order valence-corrected chi connectivity index (χ2v) is 9.32. The summed E-state index contributed by atoms with van der Waals surface area (Å²) in [5, 5.41) is 3.66. The molecule has 1 aliphatic rings. The summed E-state index contributed by atoms with van der Waals surface area (Å²) in [6.07, 6.45) is 4.29. The third-order valence-electron chi connectivity index (χ3n) is 5.92. The van der Waals surface area contributed by atoms with E-state index in [-0.39, 0.29) is 11.8 Å². The summed E-state index contributed by atoms with van der Waals surface area (Å²) in [5.41, 5.74) is 3.69. The van der Waals surface area contributed by atoms with E-state index in [0.717, 1.165) is 47.3 Å². The van der Waals surface area contributed by atoms with Gasteiger partial charge in [0.1, 0.15) is 5.82 Å². The molecule has 0 spiro atoms. The maximum Gasteiger partial charge on any atom is 0.251 e. The number of hydrogen-bond donors (Lipinski definition) is 1. The van der Waals surface area contributed by atoms with E-state index in [0.29, 0.717) is 31.0 Å². The molecule has 0 atom stereocenters. The van der Waals surface area contributed by atoms with Gasteiger partial charge in [0.15, 0.2) is 5.16 Å². The normalized spacial score (nSPS) is 13.5. The van der Waals surface area contributed by atoms with Crippen LogP contribution < -0.4 is 10.2 Å². The van der Waals surface area contributed by atoms with Crippen molar-refractivity contribution < 1.29 is 9.59 Å². The lowest BCUT2D eigenvalue weighted by Gasteiger charge is -2.35. The maximum atomic E-state index is 12.4. The van der Waals surface area contributed by atoms with Gasteiger partial charge in [-0.15, -0.1) is 0 Å². The number of amides is 2. The molecule has 1 aromatic carbocycles. The number of aryl methyl sites for hydroxylation is 1. The van der Waals surface area contributed by atoms with Crippen molar-refractivity contribution in [1.82, 2.24) is 25.2 Å². The van der Waals surface area contributed by atoms with Crippen LogP contribution in [-0.2, 0) is 23.5 Å². The number of thioether (sulfide) groups is 1. The number of carbonyl (C=O) groups is 2. The highest BCUT2D eigenvalue weighted by molar-refractivity contribution is 7.98. The molecular formula is C26H30N6O2S. The fraction of sp³-hybridized carbons (Fsp3) is 0.346. The van der Waals surface area contributed by atoms with Crippen LogP contribution in [0.1, 0.15) is 41.0 Å². The Kier molecular flexibility index (Phi) is 8.31. The number of piperazine rings is 1. The Labute approximate surface area is 210 Å². The third-order valence-corrected chi connectivity index (χ3v) is 6.83. The number of carbonyl (C=O) groups excluding carboxylic acids is 2. The zero-order chi connectivity index (χ0) is 24.6. The van der Waals surface area contributed by atoms with Crippen molar-refractivity contribution in [3.05, 3.63) is 77.2 Å². The van der Waals surface area contributed by atoms with E-state index in [1.54, 1.807) is 31.1 Å². The first kappa shape index (κ1) is 24.7. The molecule has 0 unspecified atom stereocenters. The minimum atomic E-state index is -0.110. The fourth-order valence-electron chi connectivity index (χ4n) is 3.80. The first-order chi connectivity index (χ1) is 17.0. The van der Waals surface area contributed by atoms with Gasteiger partial charge in [0.2, 0.25) is 5.91 Å². The van der Waals surface area contributed by atoms with Crippen LogP contribution in [0.2, 0.25) is 0 Å². The Balaban J connectivity index is 1.34. The molecule has 1 saturated heterocycles. The van der Waals surface area contributed by atoms with E-state index < -0.39 is 0 Å². The second-order valence-electron chi connectivity index (χ2n) is 8.38. The van der Waals surface area contributed by atoms with Crippen LogP contribution in [0.5, 0.6) is 0 Å². The molecular weight excluding hydrogens is 460 g/mol. The third kappa shape index (κ3) is 6.79. The van der Waals surface area contributed by atoms with Crippen LogP contribution in [0.4, 0.5) is 5.82 Å². The highest BCUT2D eigenvalue weighted by atomic mass is 32.2. The standard InChI is InChI=1S/C26H30N6O2S/c1-3-23-15-24(32-13-11-31(12-14-32)19(2)33)30-26(29-23)35-18-20-6-8-22(9-7-20)25(34)28-17-21-5-4-10-27-16-21/h4-10,15-16H,3,11-14,17-18H2,1-2H3,(H,28,34). The smallest absolute Gasteiger partial charge is 0.251 e. The van der Waals surface area contributed by atoms with E-state index in [2.05, 4.69) is 22.1 Å². The summed E-state index contributed by atoms with van der Waals surface area (Å²) in [6, 6.07) is 13.5. The Morgan fingerprint density at radius 2 is 1.80 bits per heavy atom. The zero-order valence-corrected chi connectivity index (χ0v) is 20.9. The number of pyridine rings is 1. The quantitative estimate of drug-likeness (QED) is 0.383. The maximum absolute atomic E-state index is 12.4. The molecule has 2 amide bonds. The first-order valence-corrected chi connectivity index (χ1v) is 12.8. The molecule has 9 heteroatoms. The Bertz CT molecular complexity index is 1150. The zero-order valence-electron chi connectivity index (χ0n) is 20.1. The van der Waals surface area contributed by atoms with Gasteiger partial charge >= 0.3 is 0 Å². The number of rotatable bonds is 8. The van der Waals surface area contributed by atoms with Crippen LogP contribution in [-0.4, -0.2) is 57.8 Å². The first-order valence-electron chi connectivity index (χ1n) is 11.8. The van der Waals surface area contributed by atoms with E-state index >= 15 is 0 Å². The predicted molar refractivity (Wildman–Crippen MR) is 137 cm³/mol. The Hall–Kier alpha value is -3.46. The van der Waals surface area contributed by atoms with E-state index in [4.69, 9.17) is 9.97 Å². The van der Waals surface area contributed by atoms with Crippen LogP contribution in [0, 0.1) is 0 Å². The van der Waals surface area contributed by atoms with Gasteiger partial charge < -0.3 is 15.1 Å². The second kappa shape index (κ2) is 11.8. The van der Waals surface area contributed by atoms with Gasteiger partial charge in [0, 0.05) is 75.1 Å². The van der Waals surface area contributed by atoms with Crippen LogP contribution >= 0.6 is 11.8 Å². The summed E-state index contributed by atoms with van der Waals surface area (Å²) in [5.74, 6) is 1.64. The van der Waals surface area contributed by atoms with Crippen molar-refractivity contribution in [1.29, 1.82) is 0 Å². The average Bonchev–Trinajstić information content (AvgIpc) is 2.91. The lowest BCUT2D eigenvalue weighted by molar-refractivity contribution is -0.129. The minimum Gasteiger partial charge on any atom is -0.353 e. The molecule has 1 N–H and O–H groups in total. The topological polar surface area (TPSA) is 91.3 Å². The van der Waals surface area contributed by atoms with Crippen molar-refractivity contribution in [2.75, 3.05) is 31.1 Å². The molecule has 1 aliphatic heterocycles. The van der Waals surface area contributed by atoms with Gasteiger partial charge in [0.25, 0.3) is 5.91 Å². The van der Waals surface area contributed by atoms with Crippen molar-refractivity contribution in [3.63, 3.8) is 0 Å². The number of hydrogen-bond acceptors (Lipinski definition) is 7. The molecule has 0 saturated carbocycles. The van der Waals surface area contributed by atoms with Gasteiger partial charge in [-0.3, -0.25) is 14.6 Å². The molecule has 0 aliphatic carbocycles. The summed E-state index contributed by atoms with van der Waals surface area (Å²) >= 11 is 1.59. The van der Waals surface area contributed by atoms with Gasteiger partial charge in [-0.05, 0) is 35.7 Å². The van der Waals surface area contributed by atoms with Crippen LogP contribution in [0.15, 0.2) is 60.0 Å². The molecule has 182 valence electrons. The van der Waals surface area contributed by atoms with Crippen LogP contribution in [0.25, 0.3) is 0 Å². The minimum absolute atomic E-state index is 0.110. The van der Waals surface area contributed by atoms with Crippen LogP contribution in [0.3, 0.4) is 0 Å². The van der Waals surface area contributed by atoms with E-state index in [1.165, 1.54) is 0 Å². The van der Waals surface area contributed by atoms with Gasteiger partial charge in [-0.25, -0.2) is 9.97 Å². The molecule has 2 aromatic heterocycles. The summed E-state index contributed by atoms with van der Waals surface area (Å²) in [7, 11) is 0. The average molecular weight is 491 g/mol. The molecule has 1 fully saturated rings. The summed E-state index contributed by atoms with van der Waals surface area (Å²) in [4.78, 5) is 41.7. The predicted octanol–water partition coefficient (Wildman–Crippen LogP) is 3.32. The fourth-order valence-corrected chi connectivity index (χ4v) is 4.63. The lowest BCUT2D eigenvalue weighted by atomic mass is 10.1. The summed E-state index contributed by atoms with van der Waals surface area (Å²) in [6.45, 7) is 7.12. The van der Waals surface area contributed by atoms with Gasteiger partial charge in [0.05, 0.1) is 0 Å². The van der Waals surface area contributed by atoms with E-state index in [1.807, 2.05) is 47.4 Å². The summed E-state index contributed by atoms with van der Waals surface area (Å²) < 4.78 is 0. The number of anilines is 1. The molecule has 0 bridgehead atoms. The van der Waals surface area contributed by atoms with Crippen molar-refractivity contribution >= 4 is 29.4 Å². The molecule has 3 aromatic rings. The van der Waals surface area contributed by atoms with Gasteiger partial charge in [-0.2, -0.15) is 0 Å². The Morgan fingerprint density at radius 3 is 2.46 bits per heavy atom. The largest absolute Gasteiger partial charge is 0.353 e. The van der Waals surface area contributed by atoms with Crippen molar-refractivity contribution in [2.45, 2.75) is 37.7 Å². The number of nitrogens with zero attached hydrogens (tertiary/aromatic N) is 5. The molecule has 8 nitrogen and oxygen atoms in total. The number of benzene rings is 1. The monoisotopic (exact) mass is 490 g/mol. The van der Waals surface area contributed by atoms with Crippen molar-refractivity contribution in [3.8, 4) is 0 Å². The lowest BCUT2D eigenvalue weighted by Crippen LogP contribution is -2.48. The Morgan fingerprint density at radius 1 is 1.03 bits per heavy atom. The van der Waals surface area contributed by atoms with Crippen molar-refractivity contribution in [2.24, 2.45) is 0 Å². The molecule has 3 heterocycles. The van der Waals surface area contributed by atoms with Gasteiger partial charge in [-0.1, -0.05) is 36.9 Å². The highest BCUT2D eigenvalue weighted by Gasteiger charge is 2.20.